The predicted molar refractivity (Wildman–Crippen MR) is 65.7 cm³/mol. The summed E-state index contributed by atoms with van der Waals surface area (Å²) in [5.41, 5.74) is -0.149. The van der Waals surface area contributed by atoms with Crippen molar-refractivity contribution in [2.75, 3.05) is 6.54 Å². The first kappa shape index (κ1) is 11.0. The lowest BCUT2D eigenvalue weighted by Gasteiger charge is -2.17. The number of aromatic nitrogens is 2. The van der Waals surface area contributed by atoms with E-state index in [0.29, 0.717) is 6.04 Å². The van der Waals surface area contributed by atoms with Crippen molar-refractivity contribution in [2.45, 2.75) is 38.3 Å². The summed E-state index contributed by atoms with van der Waals surface area (Å²) in [4.78, 5) is 15.2. The van der Waals surface area contributed by atoms with Crippen LogP contribution in [0.5, 0.6) is 0 Å². The van der Waals surface area contributed by atoms with E-state index in [4.69, 9.17) is 0 Å². The zero-order valence-electron chi connectivity index (χ0n) is 10.0. The normalized spacial score (nSPS) is 19.8. The molecule has 1 N–H and O–H groups in total. The molecule has 4 heteroatoms. The first-order chi connectivity index (χ1) is 8.34. The number of hydrogen-bond donors (Lipinski definition) is 1. The van der Waals surface area contributed by atoms with Gasteiger partial charge in [0, 0.05) is 31.5 Å². The highest BCUT2D eigenvalue weighted by Crippen LogP contribution is 2.44. The molecule has 0 aliphatic heterocycles. The summed E-state index contributed by atoms with van der Waals surface area (Å²) in [6.45, 7) is 1.60. The van der Waals surface area contributed by atoms with Crippen LogP contribution in [0, 0.1) is 11.8 Å². The predicted octanol–water partition coefficient (Wildman–Crippen LogP) is 1.02. The highest BCUT2D eigenvalue weighted by atomic mass is 16.1. The zero-order valence-corrected chi connectivity index (χ0v) is 10.0. The number of hydrogen-bond acceptors (Lipinski definition) is 3. The maximum atomic E-state index is 11.4. The standard InChI is InChI=1S/C13H19N3O/c17-13-15-6-1-8-16(13)9-7-14-12(10-2-3-10)11-4-5-11/h1,6,8,10-12,14H,2-5,7,9H2. The van der Waals surface area contributed by atoms with Gasteiger partial charge in [-0.1, -0.05) is 0 Å². The van der Waals surface area contributed by atoms with Crippen LogP contribution in [0.15, 0.2) is 23.3 Å². The van der Waals surface area contributed by atoms with Crippen LogP contribution in [0.3, 0.4) is 0 Å². The minimum absolute atomic E-state index is 0.149. The lowest BCUT2D eigenvalue weighted by Crippen LogP contribution is -2.37. The van der Waals surface area contributed by atoms with Crippen LogP contribution in [-0.4, -0.2) is 22.1 Å². The fourth-order valence-electron chi connectivity index (χ4n) is 2.54. The monoisotopic (exact) mass is 233 g/mol. The minimum atomic E-state index is -0.149. The third-order valence-corrected chi connectivity index (χ3v) is 3.78. The van der Waals surface area contributed by atoms with Crippen LogP contribution in [0.1, 0.15) is 25.7 Å². The van der Waals surface area contributed by atoms with Crippen LogP contribution in [-0.2, 0) is 6.54 Å². The topological polar surface area (TPSA) is 46.9 Å². The van der Waals surface area contributed by atoms with Crippen molar-refractivity contribution >= 4 is 0 Å². The molecular weight excluding hydrogens is 214 g/mol. The molecular formula is C13H19N3O. The van der Waals surface area contributed by atoms with Gasteiger partial charge in [-0.15, -0.1) is 0 Å². The molecule has 1 aromatic rings. The molecule has 0 bridgehead atoms. The van der Waals surface area contributed by atoms with Gasteiger partial charge >= 0.3 is 5.69 Å². The SMILES string of the molecule is O=c1ncccn1CCNC(C1CC1)C1CC1. The smallest absolute Gasteiger partial charge is 0.312 e. The second-order valence-corrected chi connectivity index (χ2v) is 5.25. The molecule has 2 aliphatic carbocycles. The Balaban J connectivity index is 1.51. The molecule has 0 atom stereocenters. The summed E-state index contributed by atoms with van der Waals surface area (Å²) in [7, 11) is 0. The number of nitrogens with one attached hydrogen (secondary N) is 1. The van der Waals surface area contributed by atoms with Gasteiger partial charge in [0.25, 0.3) is 0 Å². The Morgan fingerprint density at radius 2 is 2.06 bits per heavy atom. The Morgan fingerprint density at radius 1 is 1.35 bits per heavy atom. The maximum absolute atomic E-state index is 11.4. The van der Waals surface area contributed by atoms with Crippen LogP contribution in [0.2, 0.25) is 0 Å². The summed E-state index contributed by atoms with van der Waals surface area (Å²) in [6.07, 6.45) is 8.91. The second kappa shape index (κ2) is 4.61. The molecule has 0 unspecified atom stereocenters. The third kappa shape index (κ3) is 2.75. The fraction of sp³-hybridized carbons (Fsp3) is 0.692. The molecule has 4 nitrogen and oxygen atoms in total. The molecule has 2 saturated carbocycles. The van der Waals surface area contributed by atoms with E-state index < -0.39 is 0 Å². The molecule has 0 spiro atoms. The maximum Gasteiger partial charge on any atom is 0.347 e. The van der Waals surface area contributed by atoms with E-state index in [1.807, 2.05) is 0 Å². The zero-order chi connectivity index (χ0) is 11.7. The van der Waals surface area contributed by atoms with Gasteiger partial charge in [0.05, 0.1) is 0 Å². The van der Waals surface area contributed by atoms with Crippen molar-refractivity contribution in [3.8, 4) is 0 Å². The summed E-state index contributed by atoms with van der Waals surface area (Å²) in [5.74, 6) is 1.82. The van der Waals surface area contributed by atoms with Gasteiger partial charge < -0.3 is 5.32 Å². The van der Waals surface area contributed by atoms with Crippen molar-refractivity contribution in [2.24, 2.45) is 11.8 Å². The Labute approximate surface area is 101 Å². The van der Waals surface area contributed by atoms with Crippen molar-refractivity contribution < 1.29 is 0 Å². The molecule has 0 amide bonds. The first-order valence-corrected chi connectivity index (χ1v) is 6.59. The summed E-state index contributed by atoms with van der Waals surface area (Å²) < 4.78 is 1.67. The van der Waals surface area contributed by atoms with Crippen molar-refractivity contribution in [1.29, 1.82) is 0 Å². The van der Waals surface area contributed by atoms with Crippen molar-refractivity contribution in [3.63, 3.8) is 0 Å². The number of nitrogens with zero attached hydrogens (tertiary/aromatic N) is 2. The van der Waals surface area contributed by atoms with E-state index in [1.54, 1.807) is 23.0 Å². The highest BCUT2D eigenvalue weighted by Gasteiger charge is 2.40. The summed E-state index contributed by atoms with van der Waals surface area (Å²) in [5, 5.41) is 3.63. The Bertz CT molecular complexity index is 422. The second-order valence-electron chi connectivity index (χ2n) is 5.25. The van der Waals surface area contributed by atoms with Crippen LogP contribution >= 0.6 is 0 Å². The molecule has 0 saturated heterocycles. The lowest BCUT2D eigenvalue weighted by molar-refractivity contribution is 0.404. The molecule has 1 aromatic heterocycles. The van der Waals surface area contributed by atoms with Crippen molar-refractivity contribution in [1.82, 2.24) is 14.9 Å². The average molecular weight is 233 g/mol. The van der Waals surface area contributed by atoms with Gasteiger partial charge in [-0.2, -0.15) is 0 Å². The minimum Gasteiger partial charge on any atom is -0.312 e. The molecule has 2 aliphatic rings. The highest BCUT2D eigenvalue weighted by molar-refractivity contribution is 4.96. The Kier molecular flexibility index (Phi) is 2.97. The van der Waals surface area contributed by atoms with Gasteiger partial charge in [-0.3, -0.25) is 4.57 Å². The van der Waals surface area contributed by atoms with Crippen LogP contribution < -0.4 is 11.0 Å². The van der Waals surface area contributed by atoms with Gasteiger partial charge in [0.1, 0.15) is 0 Å². The fourth-order valence-corrected chi connectivity index (χ4v) is 2.54. The Morgan fingerprint density at radius 3 is 2.65 bits per heavy atom. The van der Waals surface area contributed by atoms with Crippen LogP contribution in [0.25, 0.3) is 0 Å². The van der Waals surface area contributed by atoms with E-state index in [-0.39, 0.29) is 5.69 Å². The quantitative estimate of drug-likeness (QED) is 0.798. The molecule has 2 fully saturated rings. The summed E-state index contributed by atoms with van der Waals surface area (Å²) in [6, 6.07) is 2.52. The molecule has 17 heavy (non-hydrogen) atoms. The number of rotatable bonds is 6. The lowest BCUT2D eigenvalue weighted by atomic mass is 10.1. The van der Waals surface area contributed by atoms with E-state index in [2.05, 4.69) is 10.3 Å². The molecule has 0 radical (unpaired) electrons. The largest absolute Gasteiger partial charge is 0.347 e. The molecule has 92 valence electrons. The van der Waals surface area contributed by atoms with E-state index in [9.17, 15) is 4.79 Å². The van der Waals surface area contributed by atoms with E-state index in [1.165, 1.54) is 25.7 Å². The van der Waals surface area contributed by atoms with Gasteiger partial charge in [0.15, 0.2) is 0 Å². The Hall–Kier alpha value is -1.16. The molecule has 1 heterocycles. The molecule has 0 aromatic carbocycles. The third-order valence-electron chi connectivity index (χ3n) is 3.78. The van der Waals surface area contributed by atoms with Gasteiger partial charge in [-0.05, 0) is 43.6 Å². The molecule has 3 rings (SSSR count). The van der Waals surface area contributed by atoms with E-state index >= 15 is 0 Å². The van der Waals surface area contributed by atoms with Crippen molar-refractivity contribution in [3.05, 3.63) is 28.9 Å². The average Bonchev–Trinajstić information content (AvgIpc) is 3.18. The first-order valence-electron chi connectivity index (χ1n) is 6.59. The van der Waals surface area contributed by atoms with Crippen LogP contribution in [0.4, 0.5) is 0 Å². The van der Waals surface area contributed by atoms with Gasteiger partial charge in [-0.25, -0.2) is 9.78 Å². The van der Waals surface area contributed by atoms with E-state index in [0.717, 1.165) is 24.9 Å². The van der Waals surface area contributed by atoms with Gasteiger partial charge in [0.2, 0.25) is 0 Å². The summed E-state index contributed by atoms with van der Waals surface area (Å²) >= 11 is 0.